The number of rotatable bonds is 4. The molecule has 0 fully saturated rings. The Labute approximate surface area is 166 Å². The van der Waals surface area contributed by atoms with E-state index in [1.54, 1.807) is 30.3 Å². The highest BCUT2D eigenvalue weighted by atomic mass is 28.3. The van der Waals surface area contributed by atoms with Crippen molar-refractivity contribution in [3.8, 4) is 23.0 Å². The highest BCUT2D eigenvalue weighted by Gasteiger charge is 2.15. The van der Waals surface area contributed by atoms with Crippen LogP contribution in [0.25, 0.3) is 0 Å². The second-order valence-electron chi connectivity index (χ2n) is 7.46. The van der Waals surface area contributed by atoms with E-state index >= 15 is 0 Å². The van der Waals surface area contributed by atoms with Crippen LogP contribution < -0.4 is 4.74 Å². The molecule has 3 rings (SSSR count). The van der Waals surface area contributed by atoms with Gasteiger partial charge in [-0.15, -0.1) is 5.54 Å². The molecule has 0 radical (unpaired) electrons. The molecule has 0 spiro atoms. The van der Waals surface area contributed by atoms with Crippen LogP contribution in [0.15, 0.2) is 72.8 Å². The summed E-state index contributed by atoms with van der Waals surface area (Å²) >= 11 is 0. The van der Waals surface area contributed by atoms with E-state index in [2.05, 4.69) is 31.1 Å². The van der Waals surface area contributed by atoms with Gasteiger partial charge in [0.2, 0.25) is 0 Å². The van der Waals surface area contributed by atoms with Gasteiger partial charge in [-0.1, -0.05) is 43.8 Å². The van der Waals surface area contributed by atoms with Gasteiger partial charge < -0.3 is 4.74 Å². The van der Waals surface area contributed by atoms with E-state index in [1.165, 1.54) is 12.1 Å². The fourth-order valence-electron chi connectivity index (χ4n) is 2.49. The Bertz CT molecular complexity index is 1040. The molecule has 28 heavy (non-hydrogen) atoms. The van der Waals surface area contributed by atoms with Crippen molar-refractivity contribution in [1.29, 1.82) is 0 Å². The Kier molecular flexibility index (Phi) is 5.77. The number of carbonyl (C=O) groups is 1. The van der Waals surface area contributed by atoms with Crippen molar-refractivity contribution in [2.24, 2.45) is 0 Å². The maximum atomic E-state index is 14.5. The van der Waals surface area contributed by atoms with Crippen molar-refractivity contribution in [1.82, 2.24) is 0 Å². The predicted molar refractivity (Wildman–Crippen MR) is 113 cm³/mol. The molecule has 0 aliphatic heterocycles. The van der Waals surface area contributed by atoms with E-state index in [-0.39, 0.29) is 11.3 Å². The van der Waals surface area contributed by atoms with E-state index in [4.69, 9.17) is 4.74 Å². The zero-order valence-electron chi connectivity index (χ0n) is 16.1. The molecular formula is C24H21FO2Si. The minimum Gasteiger partial charge on any atom is -0.457 e. The lowest BCUT2D eigenvalue weighted by Crippen LogP contribution is -2.16. The summed E-state index contributed by atoms with van der Waals surface area (Å²) in [6.07, 6.45) is 0. The Morgan fingerprint density at radius 2 is 1.54 bits per heavy atom. The van der Waals surface area contributed by atoms with Crippen molar-refractivity contribution in [2.45, 2.75) is 19.6 Å². The van der Waals surface area contributed by atoms with Crippen molar-refractivity contribution in [2.75, 3.05) is 0 Å². The summed E-state index contributed by atoms with van der Waals surface area (Å²) in [5, 5.41) is 0. The number of halogens is 1. The zero-order valence-corrected chi connectivity index (χ0v) is 17.1. The molecule has 0 aromatic heterocycles. The second kappa shape index (κ2) is 8.24. The van der Waals surface area contributed by atoms with Crippen LogP contribution in [-0.2, 0) is 0 Å². The van der Waals surface area contributed by atoms with E-state index in [0.29, 0.717) is 22.6 Å². The fourth-order valence-corrected chi connectivity index (χ4v) is 3.01. The first-order valence-corrected chi connectivity index (χ1v) is 12.5. The summed E-state index contributed by atoms with van der Waals surface area (Å²) in [5.41, 5.74) is 4.22. The van der Waals surface area contributed by atoms with Gasteiger partial charge in [0.05, 0.1) is 5.56 Å². The van der Waals surface area contributed by atoms with E-state index in [0.717, 1.165) is 0 Å². The molecule has 0 heterocycles. The van der Waals surface area contributed by atoms with Crippen LogP contribution in [0.5, 0.6) is 11.5 Å². The van der Waals surface area contributed by atoms with E-state index in [9.17, 15) is 9.18 Å². The van der Waals surface area contributed by atoms with Crippen molar-refractivity contribution in [3.63, 3.8) is 0 Å². The summed E-state index contributed by atoms with van der Waals surface area (Å²) in [7, 11) is -1.54. The average molecular weight is 389 g/mol. The molecule has 0 saturated carbocycles. The smallest absolute Gasteiger partial charge is 0.195 e. The van der Waals surface area contributed by atoms with E-state index in [1.807, 2.05) is 30.3 Å². The van der Waals surface area contributed by atoms with Gasteiger partial charge in [0.1, 0.15) is 25.4 Å². The molecule has 2 nitrogen and oxygen atoms in total. The molecule has 0 aliphatic rings. The molecule has 140 valence electrons. The Balaban J connectivity index is 1.77. The molecule has 0 amide bonds. The minimum atomic E-state index is -1.54. The summed E-state index contributed by atoms with van der Waals surface area (Å²) in [5.74, 6) is 3.40. The van der Waals surface area contributed by atoms with Gasteiger partial charge in [0.15, 0.2) is 5.78 Å². The van der Waals surface area contributed by atoms with Crippen LogP contribution in [0.4, 0.5) is 4.39 Å². The minimum absolute atomic E-state index is 0.0373. The number of para-hydroxylation sites is 1. The summed E-state index contributed by atoms with van der Waals surface area (Å²) in [6, 6.07) is 20.6. The molecule has 3 aromatic carbocycles. The lowest BCUT2D eigenvalue weighted by molar-refractivity contribution is 0.103. The van der Waals surface area contributed by atoms with Crippen LogP contribution in [0.1, 0.15) is 21.5 Å². The van der Waals surface area contributed by atoms with Crippen molar-refractivity contribution >= 4 is 13.9 Å². The SMILES string of the molecule is C[Si](C)(C)C#Cc1ccc(C(=O)c2ccc(Oc3ccccc3)cc2)c(F)c1. The first-order chi connectivity index (χ1) is 13.3. The van der Waals surface area contributed by atoms with Crippen LogP contribution in [0.3, 0.4) is 0 Å². The molecule has 0 aliphatic carbocycles. The maximum Gasteiger partial charge on any atom is 0.195 e. The highest BCUT2D eigenvalue weighted by Crippen LogP contribution is 2.23. The number of hydrogen-bond donors (Lipinski definition) is 0. The maximum absolute atomic E-state index is 14.5. The number of carbonyl (C=O) groups excluding carboxylic acids is 1. The van der Waals surface area contributed by atoms with Crippen molar-refractivity contribution in [3.05, 3.63) is 95.3 Å². The number of ether oxygens (including phenoxy) is 1. The first-order valence-electron chi connectivity index (χ1n) is 9.02. The third kappa shape index (κ3) is 5.18. The molecule has 0 atom stereocenters. The van der Waals surface area contributed by atoms with Gasteiger partial charge in [0, 0.05) is 11.1 Å². The Hall–Kier alpha value is -3.16. The van der Waals surface area contributed by atoms with Gasteiger partial charge in [-0.3, -0.25) is 4.79 Å². The molecule has 0 saturated heterocycles. The quantitative estimate of drug-likeness (QED) is 0.308. The third-order valence-corrected chi connectivity index (χ3v) is 4.77. The molecule has 0 N–H and O–H groups in total. The Morgan fingerprint density at radius 1 is 0.893 bits per heavy atom. The topological polar surface area (TPSA) is 26.3 Å². The molecular weight excluding hydrogens is 367 g/mol. The lowest BCUT2D eigenvalue weighted by atomic mass is 10.0. The Morgan fingerprint density at radius 3 is 2.14 bits per heavy atom. The zero-order chi connectivity index (χ0) is 20.1. The first kappa shape index (κ1) is 19.6. The lowest BCUT2D eigenvalue weighted by Gasteiger charge is -2.07. The molecule has 0 bridgehead atoms. The highest BCUT2D eigenvalue weighted by molar-refractivity contribution is 6.83. The summed E-state index contributed by atoms with van der Waals surface area (Å²) < 4.78 is 20.2. The standard InChI is InChI=1S/C24H21FO2Si/c1-28(2,3)16-15-18-9-14-22(23(25)17-18)24(26)19-10-12-21(13-11-19)27-20-7-5-4-6-8-20/h4-14,17H,1-3H3. The van der Waals surface area contributed by atoms with Gasteiger partial charge in [-0.2, -0.15) is 0 Å². The number of benzene rings is 3. The van der Waals surface area contributed by atoms with Crippen LogP contribution in [-0.4, -0.2) is 13.9 Å². The summed E-state index contributed by atoms with van der Waals surface area (Å²) in [6.45, 7) is 6.37. The molecule has 0 unspecified atom stereocenters. The van der Waals surface area contributed by atoms with Crippen molar-refractivity contribution < 1.29 is 13.9 Å². The van der Waals surface area contributed by atoms with Crippen LogP contribution >= 0.6 is 0 Å². The molecule has 3 aromatic rings. The van der Waals surface area contributed by atoms with Gasteiger partial charge in [0.25, 0.3) is 0 Å². The van der Waals surface area contributed by atoms with E-state index < -0.39 is 13.9 Å². The third-order valence-electron chi connectivity index (χ3n) is 3.89. The monoisotopic (exact) mass is 388 g/mol. The largest absolute Gasteiger partial charge is 0.457 e. The van der Waals surface area contributed by atoms with Gasteiger partial charge >= 0.3 is 0 Å². The number of hydrogen-bond acceptors (Lipinski definition) is 2. The fraction of sp³-hybridized carbons (Fsp3) is 0.125. The molecule has 4 heteroatoms. The second-order valence-corrected chi connectivity index (χ2v) is 12.2. The van der Waals surface area contributed by atoms with Crippen LogP contribution in [0, 0.1) is 17.3 Å². The van der Waals surface area contributed by atoms with Crippen LogP contribution in [0.2, 0.25) is 19.6 Å². The average Bonchev–Trinajstić information content (AvgIpc) is 2.67. The normalized spacial score (nSPS) is 10.7. The summed E-state index contributed by atoms with van der Waals surface area (Å²) in [4.78, 5) is 12.7. The van der Waals surface area contributed by atoms with Gasteiger partial charge in [-0.25, -0.2) is 4.39 Å². The number of ketones is 1. The predicted octanol–water partition coefficient (Wildman–Crippen LogP) is 6.08. The van der Waals surface area contributed by atoms with Gasteiger partial charge in [-0.05, 0) is 54.6 Å².